The van der Waals surface area contributed by atoms with E-state index in [0.717, 1.165) is 18.8 Å². The molecule has 0 aromatic heterocycles. The van der Waals surface area contributed by atoms with Gasteiger partial charge in [-0.2, -0.15) is 0 Å². The van der Waals surface area contributed by atoms with E-state index in [1.807, 2.05) is 0 Å². The number of hydrogen-bond acceptors (Lipinski definition) is 1. The van der Waals surface area contributed by atoms with Crippen molar-refractivity contribution < 1.29 is 9.50 Å². The van der Waals surface area contributed by atoms with Gasteiger partial charge in [-0.25, -0.2) is 4.39 Å². The van der Waals surface area contributed by atoms with Gasteiger partial charge >= 0.3 is 0 Å². The Morgan fingerprint density at radius 1 is 1.33 bits per heavy atom. The normalized spacial score (nSPS) is 33.2. The molecule has 1 unspecified atom stereocenters. The maximum atomic E-state index is 12.1. The molecular formula is C10H19FO. The van der Waals surface area contributed by atoms with Gasteiger partial charge in [-0.3, -0.25) is 0 Å². The summed E-state index contributed by atoms with van der Waals surface area (Å²) < 4.78 is 12.1. The Balaban J connectivity index is 2.25. The van der Waals surface area contributed by atoms with Crippen molar-refractivity contribution in [3.63, 3.8) is 0 Å². The first-order valence-corrected chi connectivity index (χ1v) is 5.02. The summed E-state index contributed by atoms with van der Waals surface area (Å²) in [5.41, 5.74) is 0. The summed E-state index contributed by atoms with van der Waals surface area (Å²) in [7, 11) is 0. The van der Waals surface area contributed by atoms with Crippen LogP contribution in [0.3, 0.4) is 0 Å². The van der Waals surface area contributed by atoms with Crippen LogP contribution in [0.1, 0.15) is 39.0 Å². The molecule has 72 valence electrons. The van der Waals surface area contributed by atoms with Crippen molar-refractivity contribution in [1.29, 1.82) is 0 Å². The molecule has 12 heavy (non-hydrogen) atoms. The zero-order chi connectivity index (χ0) is 8.97. The van der Waals surface area contributed by atoms with E-state index in [4.69, 9.17) is 0 Å². The second kappa shape index (κ2) is 4.80. The molecule has 1 saturated carbocycles. The number of alkyl halides is 1. The summed E-state index contributed by atoms with van der Waals surface area (Å²) in [6.07, 6.45) is 4.94. The lowest BCUT2D eigenvalue weighted by atomic mass is 9.79. The average molecular weight is 174 g/mol. The molecule has 0 bridgehead atoms. The molecule has 1 aliphatic rings. The van der Waals surface area contributed by atoms with Crippen LogP contribution in [0.25, 0.3) is 0 Å². The van der Waals surface area contributed by atoms with Gasteiger partial charge in [-0.15, -0.1) is 0 Å². The van der Waals surface area contributed by atoms with Gasteiger partial charge in [-0.05, 0) is 24.7 Å². The third-order valence-electron chi connectivity index (χ3n) is 3.17. The lowest BCUT2D eigenvalue weighted by Gasteiger charge is -2.29. The van der Waals surface area contributed by atoms with Crippen LogP contribution in [0, 0.1) is 11.8 Å². The molecule has 0 aromatic carbocycles. The van der Waals surface area contributed by atoms with E-state index >= 15 is 0 Å². The predicted octanol–water partition coefficient (Wildman–Crippen LogP) is 2.53. The van der Waals surface area contributed by atoms with E-state index in [9.17, 15) is 9.50 Å². The number of aliphatic hydroxyl groups is 1. The van der Waals surface area contributed by atoms with Crippen LogP contribution < -0.4 is 0 Å². The zero-order valence-electron chi connectivity index (χ0n) is 7.80. The fourth-order valence-electron chi connectivity index (χ4n) is 2.11. The molecule has 0 radical (unpaired) electrons. The van der Waals surface area contributed by atoms with Crippen LogP contribution in [-0.4, -0.2) is 17.9 Å². The summed E-state index contributed by atoms with van der Waals surface area (Å²) in [5, 5.41) is 9.27. The molecule has 0 amide bonds. The summed E-state index contributed by atoms with van der Waals surface area (Å²) in [4.78, 5) is 0. The van der Waals surface area contributed by atoms with Crippen molar-refractivity contribution in [2.45, 2.75) is 45.1 Å². The summed E-state index contributed by atoms with van der Waals surface area (Å²) in [6.45, 7) is 1.64. The average Bonchev–Trinajstić information content (AvgIpc) is 2.17. The van der Waals surface area contributed by atoms with E-state index in [1.165, 1.54) is 19.3 Å². The quantitative estimate of drug-likeness (QED) is 0.697. The van der Waals surface area contributed by atoms with Crippen molar-refractivity contribution in [1.82, 2.24) is 0 Å². The molecule has 1 N–H and O–H groups in total. The van der Waals surface area contributed by atoms with Crippen LogP contribution in [-0.2, 0) is 0 Å². The molecule has 1 rings (SSSR count). The third-order valence-corrected chi connectivity index (χ3v) is 3.17. The van der Waals surface area contributed by atoms with Gasteiger partial charge in [0.05, 0.1) is 6.10 Å². The summed E-state index contributed by atoms with van der Waals surface area (Å²) >= 11 is 0. The van der Waals surface area contributed by atoms with Crippen molar-refractivity contribution in [2.24, 2.45) is 11.8 Å². The molecule has 1 aliphatic carbocycles. The predicted molar refractivity (Wildman–Crippen MR) is 47.7 cm³/mol. The van der Waals surface area contributed by atoms with Crippen LogP contribution in [0.2, 0.25) is 0 Å². The molecule has 1 fully saturated rings. The molecule has 0 heterocycles. The van der Waals surface area contributed by atoms with Gasteiger partial charge in [0.1, 0.15) is 6.67 Å². The molecule has 0 aromatic rings. The minimum Gasteiger partial charge on any atom is -0.390 e. The van der Waals surface area contributed by atoms with Gasteiger partial charge in [-0.1, -0.05) is 26.2 Å². The number of halogens is 1. The van der Waals surface area contributed by atoms with Crippen molar-refractivity contribution >= 4 is 0 Å². The summed E-state index contributed by atoms with van der Waals surface area (Å²) in [6, 6.07) is 0. The highest BCUT2D eigenvalue weighted by Gasteiger charge is 2.25. The van der Waals surface area contributed by atoms with Gasteiger partial charge in [0.15, 0.2) is 0 Å². The monoisotopic (exact) mass is 174 g/mol. The van der Waals surface area contributed by atoms with Gasteiger partial charge in [0, 0.05) is 0 Å². The second-order valence-corrected chi connectivity index (χ2v) is 3.91. The highest BCUT2D eigenvalue weighted by Crippen LogP contribution is 2.32. The first kappa shape index (κ1) is 9.97. The number of hydrogen-bond donors (Lipinski definition) is 1. The molecular weight excluding hydrogens is 155 g/mol. The fraction of sp³-hybridized carbons (Fsp3) is 1.00. The number of rotatable bonds is 3. The Morgan fingerprint density at radius 3 is 2.33 bits per heavy atom. The second-order valence-electron chi connectivity index (χ2n) is 3.91. The molecule has 0 saturated heterocycles. The zero-order valence-corrected chi connectivity index (χ0v) is 7.80. The molecule has 0 aliphatic heterocycles. The third kappa shape index (κ3) is 2.44. The minimum atomic E-state index is -0.692. The standard InChI is InChI=1S/C10H19FO/c1-2-8-3-5-9(6-4-8)10(12)7-11/h8-10,12H,2-7H2,1H3. The van der Waals surface area contributed by atoms with Gasteiger partial charge in [0.2, 0.25) is 0 Å². The van der Waals surface area contributed by atoms with Crippen molar-refractivity contribution in [3.8, 4) is 0 Å². The Kier molecular flexibility index (Phi) is 3.99. The molecule has 1 nitrogen and oxygen atoms in total. The van der Waals surface area contributed by atoms with Crippen LogP contribution in [0.4, 0.5) is 4.39 Å². The van der Waals surface area contributed by atoms with E-state index in [-0.39, 0.29) is 5.92 Å². The molecule has 2 heteroatoms. The topological polar surface area (TPSA) is 20.2 Å². The maximum Gasteiger partial charge on any atom is 0.116 e. The van der Waals surface area contributed by atoms with Crippen molar-refractivity contribution in [2.75, 3.05) is 6.67 Å². The fourth-order valence-corrected chi connectivity index (χ4v) is 2.11. The largest absolute Gasteiger partial charge is 0.390 e. The number of aliphatic hydroxyl groups excluding tert-OH is 1. The Labute approximate surface area is 74.0 Å². The lowest BCUT2D eigenvalue weighted by molar-refractivity contribution is 0.0526. The summed E-state index contributed by atoms with van der Waals surface area (Å²) in [5.74, 6) is 1.06. The van der Waals surface area contributed by atoms with E-state index in [1.54, 1.807) is 0 Å². The SMILES string of the molecule is CCC1CCC(C(O)CF)CC1. The van der Waals surface area contributed by atoms with Crippen molar-refractivity contribution in [3.05, 3.63) is 0 Å². The molecule has 0 spiro atoms. The highest BCUT2D eigenvalue weighted by molar-refractivity contribution is 4.76. The van der Waals surface area contributed by atoms with Gasteiger partial charge in [0.25, 0.3) is 0 Å². The van der Waals surface area contributed by atoms with E-state index in [2.05, 4.69) is 6.92 Å². The first-order chi connectivity index (χ1) is 5.77. The maximum absolute atomic E-state index is 12.1. The molecule has 1 atom stereocenters. The van der Waals surface area contributed by atoms with E-state index in [0.29, 0.717) is 0 Å². The van der Waals surface area contributed by atoms with Crippen LogP contribution >= 0.6 is 0 Å². The minimum absolute atomic E-state index is 0.234. The van der Waals surface area contributed by atoms with Crippen LogP contribution in [0.5, 0.6) is 0 Å². The Morgan fingerprint density at radius 2 is 1.92 bits per heavy atom. The smallest absolute Gasteiger partial charge is 0.116 e. The Hall–Kier alpha value is -0.110. The lowest BCUT2D eigenvalue weighted by Crippen LogP contribution is -2.27. The highest BCUT2D eigenvalue weighted by atomic mass is 19.1. The van der Waals surface area contributed by atoms with E-state index < -0.39 is 12.8 Å². The first-order valence-electron chi connectivity index (χ1n) is 5.02. The van der Waals surface area contributed by atoms with Crippen LogP contribution in [0.15, 0.2) is 0 Å². The Bertz CT molecular complexity index is 119. The van der Waals surface area contributed by atoms with Gasteiger partial charge < -0.3 is 5.11 Å².